The van der Waals surface area contributed by atoms with Crippen molar-refractivity contribution in [2.24, 2.45) is 21.7 Å². The Morgan fingerprint density at radius 2 is 0.833 bits per heavy atom. The molecule has 0 aliphatic rings. The Balaban J connectivity index is -0.000000162. The second kappa shape index (κ2) is 18.7. The minimum atomic E-state index is -0.355. The fourth-order valence-corrected chi connectivity index (χ4v) is 3.90. The summed E-state index contributed by atoms with van der Waals surface area (Å²) in [6.45, 7) is 48.1. The molecule has 0 saturated carbocycles. The number of hydrogen-bond acceptors (Lipinski definition) is 5. The monoisotopic (exact) mass is 606 g/mol. The molecule has 0 amide bonds. The van der Waals surface area contributed by atoms with Crippen LogP contribution < -0.4 is 16.0 Å². The number of β-amino-alcohol motifs (C(OH)–C–C–N with tert-alkyl or cyclic N) is 1. The lowest BCUT2D eigenvalue weighted by Crippen LogP contribution is -2.58. The molecule has 0 radical (unpaired) electrons. The van der Waals surface area contributed by atoms with Gasteiger partial charge in [0.15, 0.2) is 0 Å². The SMILES string of the molecule is C.C.CC(C)(C)NC(C(O)C(C)(C)C)C(C)(C)C.CC(C)(C)NCC(O)C(C)(C)C.CCC(NC(C)(C)C)C(C)(C)C. The van der Waals surface area contributed by atoms with Gasteiger partial charge >= 0.3 is 0 Å². The van der Waals surface area contributed by atoms with Crippen LogP contribution in [0.4, 0.5) is 0 Å². The molecule has 0 saturated heterocycles. The minimum absolute atomic E-state index is 0. The molecule has 0 rings (SSSR count). The van der Waals surface area contributed by atoms with E-state index >= 15 is 0 Å². The summed E-state index contributed by atoms with van der Waals surface area (Å²) in [5.41, 5.74) is 0.612. The number of aliphatic hydroxyl groups excluding tert-OH is 2. The molecule has 0 aromatic carbocycles. The summed E-state index contributed by atoms with van der Waals surface area (Å²) in [6, 6.07) is 0.699. The van der Waals surface area contributed by atoms with E-state index in [0.717, 1.165) is 0 Å². The number of nitrogens with one attached hydrogen (secondary N) is 3. The van der Waals surface area contributed by atoms with Crippen LogP contribution in [0, 0.1) is 21.7 Å². The molecule has 4 atom stereocenters. The van der Waals surface area contributed by atoms with Gasteiger partial charge in [-0.3, -0.25) is 0 Å². The molecule has 0 aromatic rings. The van der Waals surface area contributed by atoms with E-state index in [9.17, 15) is 10.2 Å². The van der Waals surface area contributed by atoms with Crippen molar-refractivity contribution in [2.75, 3.05) is 6.54 Å². The predicted molar refractivity (Wildman–Crippen MR) is 195 cm³/mol. The Bertz CT molecular complexity index is 655. The topological polar surface area (TPSA) is 76.5 Å². The van der Waals surface area contributed by atoms with Crippen molar-refractivity contribution in [3.8, 4) is 0 Å². The fraction of sp³-hybridized carbons (Fsp3) is 1.00. The van der Waals surface area contributed by atoms with Gasteiger partial charge in [-0.15, -0.1) is 0 Å². The molecule has 0 heterocycles. The summed E-state index contributed by atoms with van der Waals surface area (Å²) < 4.78 is 0. The zero-order valence-corrected chi connectivity index (χ0v) is 31.6. The molecule has 5 nitrogen and oxygen atoms in total. The maximum absolute atomic E-state index is 10.5. The molecular weight excluding hydrogens is 518 g/mol. The van der Waals surface area contributed by atoms with Crippen LogP contribution in [-0.2, 0) is 0 Å². The van der Waals surface area contributed by atoms with Crippen LogP contribution in [0.3, 0.4) is 0 Å². The minimum Gasteiger partial charge on any atom is -0.391 e. The van der Waals surface area contributed by atoms with Crippen LogP contribution in [0.2, 0.25) is 0 Å². The standard InChI is InChI=1S/C14H31NO.C11H25N.C10H23NO.2CH4/c1-12(2,3)10(15-14(7,8)9)11(16)13(4,5)6;1-8-9(10(2,3)4)12-11(5,6)7;1-9(2,3)8(12)7-11-10(4,5)6;;/h10-11,15-16H,1-9H3;9,12H,8H2,1-7H3;8,11-12H,7H2,1-6H3;2*1H4. The van der Waals surface area contributed by atoms with Gasteiger partial charge < -0.3 is 26.2 Å². The van der Waals surface area contributed by atoms with Crippen LogP contribution in [0.25, 0.3) is 0 Å². The molecule has 0 aliphatic heterocycles. The van der Waals surface area contributed by atoms with Crippen LogP contribution >= 0.6 is 0 Å². The normalized spacial score (nSPS) is 16.3. The number of rotatable bonds is 6. The highest BCUT2D eigenvalue weighted by atomic mass is 16.3. The smallest absolute Gasteiger partial charge is 0.0746 e. The lowest BCUT2D eigenvalue weighted by molar-refractivity contribution is -0.0159. The van der Waals surface area contributed by atoms with Gasteiger partial charge in [0, 0.05) is 35.2 Å². The average Bonchev–Trinajstić information content (AvgIpc) is 2.63. The van der Waals surface area contributed by atoms with Crippen molar-refractivity contribution >= 4 is 0 Å². The summed E-state index contributed by atoms with van der Waals surface area (Å²) >= 11 is 0. The second-order valence-electron chi connectivity index (χ2n) is 19.3. The Kier molecular flexibility index (Phi) is 22.9. The van der Waals surface area contributed by atoms with Gasteiger partial charge in [0.2, 0.25) is 0 Å². The summed E-state index contributed by atoms with van der Waals surface area (Å²) in [7, 11) is 0. The van der Waals surface area contributed by atoms with Gasteiger partial charge in [0.25, 0.3) is 0 Å². The van der Waals surface area contributed by atoms with Crippen molar-refractivity contribution in [2.45, 2.75) is 215 Å². The summed E-state index contributed by atoms with van der Waals surface area (Å²) in [4.78, 5) is 0. The zero-order valence-electron chi connectivity index (χ0n) is 31.6. The van der Waals surface area contributed by atoms with Crippen molar-refractivity contribution in [3.05, 3.63) is 0 Å². The molecule has 5 heteroatoms. The van der Waals surface area contributed by atoms with Gasteiger partial charge in [0.05, 0.1) is 12.2 Å². The maximum Gasteiger partial charge on any atom is 0.0746 e. The molecular formula is C37H87N3O2. The Morgan fingerprint density at radius 1 is 0.476 bits per heavy atom. The fourth-order valence-electron chi connectivity index (χ4n) is 3.90. The van der Waals surface area contributed by atoms with Gasteiger partial charge in [-0.2, -0.15) is 0 Å². The van der Waals surface area contributed by atoms with Crippen LogP contribution in [-0.4, -0.2) is 57.7 Å². The van der Waals surface area contributed by atoms with E-state index in [1.54, 1.807) is 0 Å². The Labute approximate surface area is 268 Å². The first-order chi connectivity index (χ1) is 17.0. The molecule has 262 valence electrons. The van der Waals surface area contributed by atoms with Gasteiger partial charge in [-0.05, 0) is 90.4 Å². The predicted octanol–water partition coefficient (Wildman–Crippen LogP) is 9.45. The average molecular weight is 606 g/mol. The molecule has 5 N–H and O–H groups in total. The summed E-state index contributed by atoms with van der Waals surface area (Å²) in [6.07, 6.45) is 0.560. The third kappa shape index (κ3) is 28.6. The Hall–Kier alpha value is -0.200. The lowest BCUT2D eigenvalue weighted by atomic mass is 9.73. The zero-order chi connectivity index (χ0) is 33.3. The molecule has 4 unspecified atom stereocenters. The highest BCUT2D eigenvalue weighted by Gasteiger charge is 2.39. The van der Waals surface area contributed by atoms with E-state index in [2.05, 4.69) is 148 Å². The van der Waals surface area contributed by atoms with E-state index in [1.165, 1.54) is 6.42 Å². The Morgan fingerprint density at radius 3 is 1.00 bits per heavy atom. The number of aliphatic hydroxyl groups is 2. The first-order valence-corrected chi connectivity index (χ1v) is 15.7. The first kappa shape index (κ1) is 51.4. The lowest BCUT2D eigenvalue weighted by Gasteiger charge is -2.44. The third-order valence-electron chi connectivity index (χ3n) is 6.61. The third-order valence-corrected chi connectivity index (χ3v) is 6.61. The highest BCUT2D eigenvalue weighted by Crippen LogP contribution is 2.32. The van der Waals surface area contributed by atoms with E-state index in [1.807, 2.05) is 20.8 Å². The van der Waals surface area contributed by atoms with Crippen molar-refractivity contribution in [3.63, 3.8) is 0 Å². The first-order valence-electron chi connectivity index (χ1n) is 15.7. The van der Waals surface area contributed by atoms with Gasteiger partial charge in [0.1, 0.15) is 0 Å². The van der Waals surface area contributed by atoms with Crippen LogP contribution in [0.5, 0.6) is 0 Å². The number of hydrogen-bond donors (Lipinski definition) is 5. The van der Waals surface area contributed by atoms with E-state index < -0.39 is 0 Å². The molecule has 42 heavy (non-hydrogen) atoms. The summed E-state index contributed by atoms with van der Waals surface area (Å²) in [5.74, 6) is 0. The van der Waals surface area contributed by atoms with E-state index in [4.69, 9.17) is 0 Å². The molecule has 0 fully saturated rings. The molecule has 0 aromatic heterocycles. The van der Waals surface area contributed by atoms with Gasteiger partial charge in [-0.25, -0.2) is 0 Å². The quantitative estimate of drug-likeness (QED) is 0.208. The molecule has 0 aliphatic carbocycles. The highest BCUT2D eigenvalue weighted by molar-refractivity contribution is 4.95. The van der Waals surface area contributed by atoms with E-state index in [-0.39, 0.29) is 66.0 Å². The van der Waals surface area contributed by atoms with E-state index in [0.29, 0.717) is 18.0 Å². The second-order valence-corrected chi connectivity index (χ2v) is 19.3. The maximum atomic E-state index is 10.5. The van der Waals surface area contributed by atoms with Crippen LogP contribution in [0.1, 0.15) is 174 Å². The van der Waals surface area contributed by atoms with Crippen molar-refractivity contribution < 1.29 is 10.2 Å². The van der Waals surface area contributed by atoms with Crippen molar-refractivity contribution in [1.82, 2.24) is 16.0 Å². The summed E-state index contributed by atoms with van der Waals surface area (Å²) in [5, 5.41) is 30.6. The van der Waals surface area contributed by atoms with Crippen LogP contribution in [0.15, 0.2) is 0 Å². The molecule has 0 spiro atoms. The van der Waals surface area contributed by atoms with Gasteiger partial charge in [-0.1, -0.05) is 105 Å². The van der Waals surface area contributed by atoms with Crippen molar-refractivity contribution in [1.29, 1.82) is 0 Å². The largest absolute Gasteiger partial charge is 0.391 e. The molecule has 0 bridgehead atoms.